The SMILES string of the molecule is CCOC1c2ccccc2N(C)C(=O)C1(C)C. The van der Waals surface area contributed by atoms with Crippen molar-refractivity contribution in [3.63, 3.8) is 0 Å². The highest BCUT2D eigenvalue weighted by Crippen LogP contribution is 2.46. The fourth-order valence-electron chi connectivity index (χ4n) is 2.52. The minimum Gasteiger partial charge on any atom is -0.373 e. The fourth-order valence-corrected chi connectivity index (χ4v) is 2.52. The van der Waals surface area contributed by atoms with Crippen LogP contribution in [0.3, 0.4) is 0 Å². The van der Waals surface area contributed by atoms with E-state index in [2.05, 4.69) is 0 Å². The van der Waals surface area contributed by atoms with E-state index in [1.807, 2.05) is 52.1 Å². The predicted molar refractivity (Wildman–Crippen MR) is 68.0 cm³/mol. The third-order valence-electron chi connectivity index (χ3n) is 3.43. The lowest BCUT2D eigenvalue weighted by molar-refractivity contribution is -0.137. The molecule has 0 spiro atoms. The van der Waals surface area contributed by atoms with Crippen molar-refractivity contribution in [2.75, 3.05) is 18.6 Å². The van der Waals surface area contributed by atoms with Gasteiger partial charge in [-0.15, -0.1) is 0 Å². The van der Waals surface area contributed by atoms with Crippen molar-refractivity contribution >= 4 is 11.6 Å². The van der Waals surface area contributed by atoms with Crippen molar-refractivity contribution < 1.29 is 9.53 Å². The third-order valence-corrected chi connectivity index (χ3v) is 3.43. The van der Waals surface area contributed by atoms with Gasteiger partial charge in [0.15, 0.2) is 0 Å². The number of carbonyl (C=O) groups is 1. The first-order chi connectivity index (χ1) is 8.00. The molecule has 3 heteroatoms. The fraction of sp³-hybridized carbons (Fsp3) is 0.500. The lowest BCUT2D eigenvalue weighted by atomic mass is 9.77. The van der Waals surface area contributed by atoms with E-state index in [0.29, 0.717) is 6.61 Å². The Hall–Kier alpha value is -1.35. The minimum absolute atomic E-state index is 0.106. The summed E-state index contributed by atoms with van der Waals surface area (Å²) in [4.78, 5) is 14.1. The van der Waals surface area contributed by atoms with Gasteiger partial charge in [-0.1, -0.05) is 18.2 Å². The van der Waals surface area contributed by atoms with Crippen LogP contribution in [-0.4, -0.2) is 19.6 Å². The van der Waals surface area contributed by atoms with Crippen molar-refractivity contribution in [2.24, 2.45) is 5.41 Å². The van der Waals surface area contributed by atoms with Gasteiger partial charge in [-0.05, 0) is 26.8 Å². The van der Waals surface area contributed by atoms with Gasteiger partial charge in [0.2, 0.25) is 5.91 Å². The summed E-state index contributed by atoms with van der Waals surface area (Å²) in [5.74, 6) is 0.106. The van der Waals surface area contributed by atoms with E-state index in [9.17, 15) is 4.79 Å². The van der Waals surface area contributed by atoms with Gasteiger partial charge in [-0.2, -0.15) is 0 Å². The van der Waals surface area contributed by atoms with Crippen LogP contribution in [0.5, 0.6) is 0 Å². The van der Waals surface area contributed by atoms with Gasteiger partial charge in [-0.25, -0.2) is 0 Å². The summed E-state index contributed by atoms with van der Waals surface area (Å²) in [6.45, 7) is 6.46. The minimum atomic E-state index is -0.515. The average Bonchev–Trinajstić information content (AvgIpc) is 2.32. The molecule has 0 fully saturated rings. The summed E-state index contributed by atoms with van der Waals surface area (Å²) in [5.41, 5.74) is 1.54. The zero-order valence-corrected chi connectivity index (χ0v) is 10.9. The Kier molecular flexibility index (Phi) is 2.96. The summed E-state index contributed by atoms with van der Waals surface area (Å²) in [5, 5.41) is 0. The van der Waals surface area contributed by atoms with E-state index in [4.69, 9.17) is 4.74 Å². The van der Waals surface area contributed by atoms with Crippen LogP contribution in [0, 0.1) is 5.41 Å². The van der Waals surface area contributed by atoms with Gasteiger partial charge in [0, 0.05) is 24.9 Å². The molecule has 3 nitrogen and oxygen atoms in total. The molecule has 0 bridgehead atoms. The Morgan fingerprint density at radius 1 is 1.35 bits per heavy atom. The Balaban J connectivity index is 2.57. The van der Waals surface area contributed by atoms with E-state index < -0.39 is 5.41 Å². The zero-order valence-electron chi connectivity index (χ0n) is 10.9. The first-order valence-electron chi connectivity index (χ1n) is 5.98. The monoisotopic (exact) mass is 233 g/mol. The molecular formula is C14H19NO2. The summed E-state index contributed by atoms with van der Waals surface area (Å²) in [7, 11) is 1.82. The first kappa shape index (κ1) is 12.1. The van der Waals surface area contributed by atoms with Gasteiger partial charge in [-0.3, -0.25) is 4.79 Å². The standard InChI is InChI=1S/C14H19NO2/c1-5-17-12-10-8-6-7-9-11(10)15(4)13(16)14(12,2)3/h6-9,12H,5H2,1-4H3. The van der Waals surface area contributed by atoms with Gasteiger partial charge < -0.3 is 9.64 Å². The number of hydrogen-bond acceptors (Lipinski definition) is 2. The van der Waals surface area contributed by atoms with Crippen LogP contribution in [0.15, 0.2) is 24.3 Å². The molecule has 0 radical (unpaired) electrons. The Morgan fingerprint density at radius 2 is 2.00 bits per heavy atom. The topological polar surface area (TPSA) is 29.5 Å². The second kappa shape index (κ2) is 4.15. The Morgan fingerprint density at radius 3 is 2.65 bits per heavy atom. The van der Waals surface area contributed by atoms with Gasteiger partial charge in [0.1, 0.15) is 0 Å². The van der Waals surface area contributed by atoms with E-state index in [1.54, 1.807) is 4.90 Å². The van der Waals surface area contributed by atoms with E-state index >= 15 is 0 Å². The molecule has 17 heavy (non-hydrogen) atoms. The van der Waals surface area contributed by atoms with Crippen LogP contribution >= 0.6 is 0 Å². The molecule has 1 aliphatic rings. The summed E-state index contributed by atoms with van der Waals surface area (Å²) < 4.78 is 5.80. The van der Waals surface area contributed by atoms with E-state index in [0.717, 1.165) is 11.3 Å². The van der Waals surface area contributed by atoms with Crippen LogP contribution in [0.4, 0.5) is 5.69 Å². The number of carbonyl (C=O) groups excluding carboxylic acids is 1. The number of para-hydroxylation sites is 1. The largest absolute Gasteiger partial charge is 0.373 e. The van der Waals surface area contributed by atoms with Crippen LogP contribution in [0.1, 0.15) is 32.4 Å². The van der Waals surface area contributed by atoms with Crippen molar-refractivity contribution in [1.82, 2.24) is 0 Å². The molecule has 0 saturated carbocycles. The molecule has 0 saturated heterocycles. The molecule has 1 atom stereocenters. The molecule has 1 aliphatic heterocycles. The van der Waals surface area contributed by atoms with Crippen LogP contribution in [-0.2, 0) is 9.53 Å². The number of nitrogens with zero attached hydrogens (tertiary/aromatic N) is 1. The predicted octanol–water partition coefficient (Wildman–Crippen LogP) is 2.77. The Bertz CT molecular complexity index is 440. The molecule has 0 N–H and O–H groups in total. The third kappa shape index (κ3) is 1.75. The van der Waals surface area contributed by atoms with Crippen molar-refractivity contribution in [1.29, 1.82) is 0 Å². The molecule has 1 heterocycles. The lowest BCUT2D eigenvalue weighted by Crippen LogP contribution is -2.47. The zero-order chi connectivity index (χ0) is 12.6. The average molecular weight is 233 g/mol. The lowest BCUT2D eigenvalue weighted by Gasteiger charge is -2.42. The number of fused-ring (bicyclic) bond motifs is 1. The van der Waals surface area contributed by atoms with Crippen LogP contribution in [0.25, 0.3) is 0 Å². The summed E-state index contributed by atoms with van der Waals surface area (Å²) in [6, 6.07) is 7.95. The van der Waals surface area contributed by atoms with E-state index in [-0.39, 0.29) is 12.0 Å². The van der Waals surface area contributed by atoms with Crippen molar-refractivity contribution in [3.05, 3.63) is 29.8 Å². The molecular weight excluding hydrogens is 214 g/mol. The van der Waals surface area contributed by atoms with E-state index in [1.165, 1.54) is 0 Å². The van der Waals surface area contributed by atoms with Crippen molar-refractivity contribution in [3.8, 4) is 0 Å². The molecule has 1 aromatic carbocycles. The summed E-state index contributed by atoms with van der Waals surface area (Å²) in [6.07, 6.45) is -0.160. The quantitative estimate of drug-likeness (QED) is 0.786. The maximum atomic E-state index is 12.3. The maximum Gasteiger partial charge on any atom is 0.235 e. The van der Waals surface area contributed by atoms with Crippen LogP contribution < -0.4 is 4.90 Å². The highest BCUT2D eigenvalue weighted by Gasteiger charge is 2.45. The highest BCUT2D eigenvalue weighted by molar-refractivity contribution is 6.00. The number of benzene rings is 1. The second-order valence-corrected chi connectivity index (χ2v) is 4.98. The molecule has 0 aromatic heterocycles. The molecule has 1 aromatic rings. The smallest absolute Gasteiger partial charge is 0.235 e. The molecule has 92 valence electrons. The second-order valence-electron chi connectivity index (χ2n) is 4.98. The molecule has 1 unspecified atom stereocenters. The van der Waals surface area contributed by atoms with Gasteiger partial charge in [0.05, 0.1) is 11.5 Å². The number of hydrogen-bond donors (Lipinski definition) is 0. The van der Waals surface area contributed by atoms with Gasteiger partial charge >= 0.3 is 0 Å². The number of ether oxygens (including phenoxy) is 1. The molecule has 0 aliphatic carbocycles. The number of amides is 1. The Labute approximate surface area is 102 Å². The maximum absolute atomic E-state index is 12.3. The summed E-state index contributed by atoms with van der Waals surface area (Å²) >= 11 is 0. The van der Waals surface area contributed by atoms with Crippen molar-refractivity contribution in [2.45, 2.75) is 26.9 Å². The highest BCUT2D eigenvalue weighted by atomic mass is 16.5. The molecule has 1 amide bonds. The number of anilines is 1. The first-order valence-corrected chi connectivity index (χ1v) is 5.98. The normalized spacial score (nSPS) is 22.5. The molecule has 2 rings (SSSR count). The van der Waals surface area contributed by atoms with Gasteiger partial charge in [0.25, 0.3) is 0 Å². The number of rotatable bonds is 2. The van der Waals surface area contributed by atoms with Crippen LogP contribution in [0.2, 0.25) is 0 Å².